The number of anilines is 1. The predicted molar refractivity (Wildman–Crippen MR) is 106 cm³/mol. The maximum atomic E-state index is 12.5. The molecule has 1 N–H and O–H groups in total. The minimum Gasteiger partial charge on any atom is -0.497 e. The Hall–Kier alpha value is -2.69. The molecule has 1 aliphatic carbocycles. The maximum Gasteiger partial charge on any atom is 0.265 e. The molecule has 0 unspecified atom stereocenters. The Morgan fingerprint density at radius 2 is 1.59 bits per heavy atom. The lowest BCUT2D eigenvalue weighted by Crippen LogP contribution is -2.32. The van der Waals surface area contributed by atoms with E-state index in [1.165, 1.54) is 12.8 Å². The van der Waals surface area contributed by atoms with Crippen LogP contribution >= 0.6 is 0 Å². The van der Waals surface area contributed by atoms with Crippen molar-refractivity contribution in [3.8, 4) is 17.2 Å². The molecule has 0 aliphatic heterocycles. The van der Waals surface area contributed by atoms with E-state index in [0.717, 1.165) is 30.0 Å². The van der Waals surface area contributed by atoms with Crippen molar-refractivity contribution < 1.29 is 19.0 Å². The Kier molecular flexibility index (Phi) is 6.58. The molecule has 0 bridgehead atoms. The van der Waals surface area contributed by atoms with Crippen LogP contribution in [0.1, 0.15) is 39.0 Å². The van der Waals surface area contributed by atoms with E-state index >= 15 is 0 Å². The molecule has 1 amide bonds. The zero-order valence-corrected chi connectivity index (χ0v) is 15.9. The maximum absolute atomic E-state index is 12.5. The monoisotopic (exact) mass is 369 g/mol. The molecule has 2 aromatic rings. The second-order valence-electron chi connectivity index (χ2n) is 6.73. The van der Waals surface area contributed by atoms with Crippen LogP contribution in [0, 0.1) is 0 Å². The van der Waals surface area contributed by atoms with Gasteiger partial charge in [0.25, 0.3) is 5.91 Å². The highest BCUT2D eigenvalue weighted by Crippen LogP contribution is 2.25. The number of methoxy groups -OCH3 is 1. The van der Waals surface area contributed by atoms with Crippen molar-refractivity contribution in [1.29, 1.82) is 0 Å². The number of rotatable bonds is 8. The summed E-state index contributed by atoms with van der Waals surface area (Å²) in [5.41, 5.74) is 0.732. The standard InChI is InChI=1S/C22H27NO4/c1-3-21(27-20-14-12-17(25-2)13-15-20)22(24)23-16-8-10-19(11-9-16)26-18-6-4-5-7-18/h8-15,18,21H,3-7H2,1-2H3,(H,23,24)/t21-/m0/s1. The Morgan fingerprint density at radius 1 is 1.00 bits per heavy atom. The van der Waals surface area contributed by atoms with Crippen LogP contribution < -0.4 is 19.5 Å². The first kappa shape index (κ1) is 19.1. The first-order valence-corrected chi connectivity index (χ1v) is 9.56. The smallest absolute Gasteiger partial charge is 0.265 e. The average molecular weight is 369 g/mol. The molecule has 144 valence electrons. The summed E-state index contributed by atoms with van der Waals surface area (Å²) in [6.07, 6.45) is 5.07. The van der Waals surface area contributed by atoms with Crippen LogP contribution in [0.5, 0.6) is 17.2 Å². The molecule has 5 nitrogen and oxygen atoms in total. The molecule has 1 aliphatic rings. The molecule has 2 aromatic carbocycles. The van der Waals surface area contributed by atoms with Gasteiger partial charge in [-0.25, -0.2) is 0 Å². The van der Waals surface area contributed by atoms with Crippen molar-refractivity contribution in [2.24, 2.45) is 0 Å². The number of carbonyl (C=O) groups is 1. The Morgan fingerprint density at radius 3 is 2.19 bits per heavy atom. The summed E-state index contributed by atoms with van der Waals surface area (Å²) < 4.78 is 16.9. The van der Waals surface area contributed by atoms with Crippen molar-refractivity contribution in [2.75, 3.05) is 12.4 Å². The van der Waals surface area contributed by atoms with Gasteiger partial charge in [0.05, 0.1) is 13.2 Å². The summed E-state index contributed by atoms with van der Waals surface area (Å²) >= 11 is 0. The zero-order valence-electron chi connectivity index (χ0n) is 15.9. The minimum atomic E-state index is -0.562. The van der Waals surface area contributed by atoms with Gasteiger partial charge < -0.3 is 19.5 Å². The van der Waals surface area contributed by atoms with Gasteiger partial charge in [-0.05, 0) is 80.6 Å². The molecular weight excluding hydrogens is 342 g/mol. The van der Waals surface area contributed by atoms with Crippen LogP contribution in [0.2, 0.25) is 0 Å². The van der Waals surface area contributed by atoms with Crippen molar-refractivity contribution >= 4 is 11.6 Å². The third-order valence-corrected chi connectivity index (χ3v) is 4.73. The van der Waals surface area contributed by atoms with Gasteiger partial charge in [0.15, 0.2) is 6.10 Å². The van der Waals surface area contributed by atoms with Gasteiger partial charge in [0, 0.05) is 5.69 Å². The number of nitrogens with one attached hydrogen (secondary N) is 1. The number of hydrogen-bond donors (Lipinski definition) is 1. The van der Waals surface area contributed by atoms with E-state index in [-0.39, 0.29) is 5.91 Å². The number of benzene rings is 2. The number of carbonyl (C=O) groups excluding carboxylic acids is 1. The summed E-state index contributed by atoms with van der Waals surface area (Å²) in [5.74, 6) is 2.07. The summed E-state index contributed by atoms with van der Waals surface area (Å²) in [4.78, 5) is 12.5. The molecule has 0 spiro atoms. The van der Waals surface area contributed by atoms with Gasteiger partial charge >= 0.3 is 0 Å². The van der Waals surface area contributed by atoms with Crippen LogP contribution in [-0.4, -0.2) is 25.2 Å². The lowest BCUT2D eigenvalue weighted by Gasteiger charge is -2.18. The van der Waals surface area contributed by atoms with Gasteiger partial charge in [-0.15, -0.1) is 0 Å². The Labute approximate surface area is 160 Å². The highest BCUT2D eigenvalue weighted by atomic mass is 16.5. The average Bonchev–Trinajstić information content (AvgIpc) is 3.21. The first-order chi connectivity index (χ1) is 13.2. The van der Waals surface area contributed by atoms with Gasteiger partial charge in [0.1, 0.15) is 17.2 Å². The topological polar surface area (TPSA) is 56.8 Å². The van der Waals surface area contributed by atoms with Crippen molar-refractivity contribution in [2.45, 2.75) is 51.2 Å². The molecule has 1 fully saturated rings. The molecule has 1 saturated carbocycles. The second kappa shape index (κ2) is 9.31. The first-order valence-electron chi connectivity index (χ1n) is 9.56. The van der Waals surface area contributed by atoms with Crippen LogP contribution in [0.25, 0.3) is 0 Å². The largest absolute Gasteiger partial charge is 0.497 e. The molecular formula is C22H27NO4. The van der Waals surface area contributed by atoms with Crippen molar-refractivity contribution in [3.05, 3.63) is 48.5 Å². The highest BCUT2D eigenvalue weighted by Gasteiger charge is 2.19. The van der Waals surface area contributed by atoms with Crippen molar-refractivity contribution in [1.82, 2.24) is 0 Å². The summed E-state index contributed by atoms with van der Waals surface area (Å²) in [6, 6.07) is 14.7. The summed E-state index contributed by atoms with van der Waals surface area (Å²) in [7, 11) is 1.61. The molecule has 3 rings (SSSR count). The molecule has 0 aromatic heterocycles. The van der Waals surface area contributed by atoms with Crippen LogP contribution in [-0.2, 0) is 4.79 Å². The molecule has 0 saturated heterocycles. The Bertz CT molecular complexity index is 721. The molecule has 0 heterocycles. The van der Waals surface area contributed by atoms with E-state index in [9.17, 15) is 4.79 Å². The quantitative estimate of drug-likeness (QED) is 0.725. The molecule has 27 heavy (non-hydrogen) atoms. The lowest BCUT2D eigenvalue weighted by atomic mass is 10.2. The Balaban J connectivity index is 1.55. The van der Waals surface area contributed by atoms with Gasteiger partial charge in [-0.3, -0.25) is 4.79 Å². The minimum absolute atomic E-state index is 0.169. The van der Waals surface area contributed by atoms with E-state index < -0.39 is 6.10 Å². The van der Waals surface area contributed by atoms with Gasteiger partial charge in [0.2, 0.25) is 0 Å². The zero-order chi connectivity index (χ0) is 19.1. The lowest BCUT2D eigenvalue weighted by molar-refractivity contribution is -0.122. The predicted octanol–water partition coefficient (Wildman–Crippen LogP) is 4.81. The molecule has 0 radical (unpaired) electrons. The van der Waals surface area contributed by atoms with E-state index in [4.69, 9.17) is 14.2 Å². The summed E-state index contributed by atoms with van der Waals surface area (Å²) in [5, 5.41) is 2.91. The van der Waals surface area contributed by atoms with E-state index in [1.807, 2.05) is 43.3 Å². The summed E-state index contributed by atoms with van der Waals surface area (Å²) in [6.45, 7) is 1.92. The van der Waals surface area contributed by atoms with Gasteiger partial charge in [-0.2, -0.15) is 0 Å². The SMILES string of the molecule is CC[C@H](Oc1ccc(OC)cc1)C(=O)Nc1ccc(OC2CCCC2)cc1. The highest BCUT2D eigenvalue weighted by molar-refractivity contribution is 5.94. The van der Waals surface area contributed by atoms with Gasteiger partial charge in [-0.1, -0.05) is 6.92 Å². The number of ether oxygens (including phenoxy) is 3. The van der Waals surface area contributed by atoms with E-state index in [2.05, 4.69) is 5.32 Å². The normalized spacial score (nSPS) is 15.2. The van der Waals surface area contributed by atoms with Crippen LogP contribution in [0.15, 0.2) is 48.5 Å². The number of hydrogen-bond acceptors (Lipinski definition) is 4. The van der Waals surface area contributed by atoms with E-state index in [0.29, 0.717) is 18.3 Å². The van der Waals surface area contributed by atoms with Crippen molar-refractivity contribution in [3.63, 3.8) is 0 Å². The third-order valence-electron chi connectivity index (χ3n) is 4.73. The fourth-order valence-corrected chi connectivity index (χ4v) is 3.18. The number of amides is 1. The molecule has 1 atom stereocenters. The van der Waals surface area contributed by atoms with Crippen LogP contribution in [0.3, 0.4) is 0 Å². The third kappa shape index (κ3) is 5.39. The van der Waals surface area contributed by atoms with E-state index in [1.54, 1.807) is 19.2 Å². The van der Waals surface area contributed by atoms with Crippen LogP contribution in [0.4, 0.5) is 5.69 Å². The fraction of sp³-hybridized carbons (Fsp3) is 0.409. The second-order valence-corrected chi connectivity index (χ2v) is 6.73. The molecule has 5 heteroatoms. The fourth-order valence-electron chi connectivity index (χ4n) is 3.18.